The first kappa shape index (κ1) is 18.1. The van der Waals surface area contributed by atoms with E-state index in [-0.39, 0.29) is 24.0 Å². The first-order valence-electron chi connectivity index (χ1n) is 6.71. The Bertz CT molecular complexity index is 354. The highest BCUT2D eigenvalue weighted by molar-refractivity contribution is 14.0. The van der Waals surface area contributed by atoms with Crippen molar-refractivity contribution >= 4 is 29.9 Å². The van der Waals surface area contributed by atoms with Gasteiger partial charge in [-0.05, 0) is 32.4 Å². The molecule has 1 unspecified atom stereocenters. The van der Waals surface area contributed by atoms with E-state index < -0.39 is 0 Å². The first-order valence-corrected chi connectivity index (χ1v) is 6.71. The van der Waals surface area contributed by atoms with Crippen LogP contribution >= 0.6 is 24.0 Å². The van der Waals surface area contributed by atoms with Crippen molar-refractivity contribution in [3.8, 4) is 0 Å². The van der Waals surface area contributed by atoms with Gasteiger partial charge in [0, 0.05) is 37.4 Å². The predicted octanol–water partition coefficient (Wildman–Crippen LogP) is 2.60. The Hall–Kier alpha value is -0.850. The molecule has 0 aliphatic rings. The number of nitrogens with zero attached hydrogens (tertiary/aromatic N) is 2. The molecular weight excluding hydrogens is 351 g/mol. The lowest BCUT2D eigenvalue weighted by molar-refractivity contribution is 0.624. The van der Waals surface area contributed by atoms with Crippen LogP contribution in [0.15, 0.2) is 29.4 Å². The number of nitrogens with one attached hydrogen (secondary N) is 2. The van der Waals surface area contributed by atoms with Gasteiger partial charge in [0.05, 0.1) is 0 Å². The van der Waals surface area contributed by atoms with Gasteiger partial charge in [0.25, 0.3) is 0 Å². The predicted molar refractivity (Wildman–Crippen MR) is 92.2 cm³/mol. The minimum absolute atomic E-state index is 0. The molecule has 1 rings (SSSR count). The second-order valence-electron chi connectivity index (χ2n) is 4.29. The SMILES string of the molecule is CCNC(=NCCc1ccccn1)NC(C)CC.I. The normalized spacial score (nSPS) is 12.5. The van der Waals surface area contributed by atoms with E-state index in [4.69, 9.17) is 0 Å². The highest BCUT2D eigenvalue weighted by Gasteiger charge is 2.01. The van der Waals surface area contributed by atoms with Crippen LogP contribution in [0.2, 0.25) is 0 Å². The van der Waals surface area contributed by atoms with Crippen molar-refractivity contribution in [1.29, 1.82) is 0 Å². The summed E-state index contributed by atoms with van der Waals surface area (Å²) < 4.78 is 0. The molecule has 5 heteroatoms. The van der Waals surface area contributed by atoms with Crippen LogP contribution in [0.4, 0.5) is 0 Å². The van der Waals surface area contributed by atoms with Gasteiger partial charge in [-0.25, -0.2) is 0 Å². The van der Waals surface area contributed by atoms with Crippen molar-refractivity contribution in [2.45, 2.75) is 39.7 Å². The summed E-state index contributed by atoms with van der Waals surface area (Å²) >= 11 is 0. The van der Waals surface area contributed by atoms with E-state index in [0.717, 1.165) is 37.6 Å². The van der Waals surface area contributed by atoms with Gasteiger partial charge in [-0.15, -0.1) is 24.0 Å². The van der Waals surface area contributed by atoms with Crippen LogP contribution in [0.25, 0.3) is 0 Å². The molecule has 0 saturated heterocycles. The zero-order valence-corrected chi connectivity index (χ0v) is 14.3. The summed E-state index contributed by atoms with van der Waals surface area (Å²) in [7, 11) is 0. The fourth-order valence-corrected chi connectivity index (χ4v) is 1.48. The van der Waals surface area contributed by atoms with Crippen molar-refractivity contribution in [3.63, 3.8) is 0 Å². The molecule has 2 N–H and O–H groups in total. The molecule has 0 spiro atoms. The van der Waals surface area contributed by atoms with Gasteiger partial charge in [-0.2, -0.15) is 0 Å². The zero-order valence-electron chi connectivity index (χ0n) is 12.0. The second kappa shape index (κ2) is 11.0. The van der Waals surface area contributed by atoms with E-state index in [1.54, 1.807) is 0 Å². The maximum absolute atomic E-state index is 4.55. The van der Waals surface area contributed by atoms with Crippen LogP contribution < -0.4 is 10.6 Å². The molecule has 0 radical (unpaired) electrons. The lowest BCUT2D eigenvalue weighted by Crippen LogP contribution is -2.42. The van der Waals surface area contributed by atoms with Gasteiger partial charge < -0.3 is 10.6 Å². The van der Waals surface area contributed by atoms with Crippen molar-refractivity contribution in [2.75, 3.05) is 13.1 Å². The van der Waals surface area contributed by atoms with E-state index in [0.29, 0.717) is 6.04 Å². The number of pyridine rings is 1. The standard InChI is InChI=1S/C14H24N4.HI/c1-4-12(3)18-14(15-5-2)17-11-9-13-8-6-7-10-16-13;/h6-8,10,12H,4-5,9,11H2,1-3H3,(H2,15,17,18);1H. The van der Waals surface area contributed by atoms with Crippen molar-refractivity contribution < 1.29 is 0 Å². The highest BCUT2D eigenvalue weighted by atomic mass is 127. The molecule has 0 saturated carbocycles. The smallest absolute Gasteiger partial charge is 0.191 e. The molecule has 1 heterocycles. The molecule has 19 heavy (non-hydrogen) atoms. The van der Waals surface area contributed by atoms with Crippen molar-refractivity contribution in [3.05, 3.63) is 30.1 Å². The zero-order chi connectivity index (χ0) is 13.2. The van der Waals surface area contributed by atoms with Crippen LogP contribution in [0.3, 0.4) is 0 Å². The Morgan fingerprint density at radius 3 is 2.74 bits per heavy atom. The number of aliphatic imine (C=N–C) groups is 1. The van der Waals surface area contributed by atoms with Gasteiger partial charge in [0.15, 0.2) is 5.96 Å². The van der Waals surface area contributed by atoms with Crippen LogP contribution in [0, 0.1) is 0 Å². The molecule has 0 aliphatic carbocycles. The summed E-state index contributed by atoms with van der Waals surface area (Å²) in [6.07, 6.45) is 3.78. The Labute approximate surface area is 133 Å². The monoisotopic (exact) mass is 376 g/mol. The molecule has 0 fully saturated rings. The molecule has 0 amide bonds. The van der Waals surface area contributed by atoms with E-state index in [1.165, 1.54) is 0 Å². The number of guanidine groups is 1. The molecule has 4 nitrogen and oxygen atoms in total. The molecule has 1 atom stereocenters. The Balaban J connectivity index is 0.00000324. The number of hydrogen-bond donors (Lipinski definition) is 2. The Morgan fingerprint density at radius 1 is 1.37 bits per heavy atom. The van der Waals surface area contributed by atoms with Crippen LogP contribution in [-0.4, -0.2) is 30.1 Å². The second-order valence-corrected chi connectivity index (χ2v) is 4.29. The lowest BCUT2D eigenvalue weighted by atomic mass is 10.2. The molecule has 1 aromatic rings. The summed E-state index contributed by atoms with van der Waals surface area (Å²) in [5.41, 5.74) is 1.08. The average Bonchev–Trinajstić information content (AvgIpc) is 2.40. The fourth-order valence-electron chi connectivity index (χ4n) is 1.48. The third-order valence-corrected chi connectivity index (χ3v) is 2.70. The average molecular weight is 376 g/mol. The largest absolute Gasteiger partial charge is 0.357 e. The van der Waals surface area contributed by atoms with E-state index in [9.17, 15) is 0 Å². The molecule has 108 valence electrons. The van der Waals surface area contributed by atoms with Crippen molar-refractivity contribution in [1.82, 2.24) is 15.6 Å². The quantitative estimate of drug-likeness (QED) is 0.456. The highest BCUT2D eigenvalue weighted by Crippen LogP contribution is 1.95. The first-order chi connectivity index (χ1) is 8.76. The molecule has 1 aromatic heterocycles. The van der Waals surface area contributed by atoms with E-state index in [1.807, 2.05) is 24.4 Å². The van der Waals surface area contributed by atoms with Crippen LogP contribution in [0.5, 0.6) is 0 Å². The fraction of sp³-hybridized carbons (Fsp3) is 0.571. The number of halogens is 1. The summed E-state index contributed by atoms with van der Waals surface area (Å²) in [6, 6.07) is 6.42. The molecular formula is C14H25IN4. The lowest BCUT2D eigenvalue weighted by Gasteiger charge is -2.16. The summed E-state index contributed by atoms with van der Waals surface area (Å²) in [5, 5.41) is 6.62. The Kier molecular flexibility index (Phi) is 10.5. The number of rotatable bonds is 6. The van der Waals surface area contributed by atoms with Crippen LogP contribution in [-0.2, 0) is 6.42 Å². The van der Waals surface area contributed by atoms with Crippen molar-refractivity contribution in [2.24, 2.45) is 4.99 Å². The van der Waals surface area contributed by atoms with E-state index in [2.05, 4.69) is 41.4 Å². The molecule has 0 aromatic carbocycles. The summed E-state index contributed by atoms with van der Waals surface area (Å²) in [4.78, 5) is 8.84. The topological polar surface area (TPSA) is 49.3 Å². The maximum Gasteiger partial charge on any atom is 0.191 e. The third-order valence-electron chi connectivity index (χ3n) is 2.70. The minimum atomic E-state index is 0. The molecule has 0 aliphatic heterocycles. The van der Waals surface area contributed by atoms with Crippen LogP contribution in [0.1, 0.15) is 32.9 Å². The van der Waals surface area contributed by atoms with Gasteiger partial charge in [0.2, 0.25) is 0 Å². The van der Waals surface area contributed by atoms with Gasteiger partial charge in [-0.3, -0.25) is 9.98 Å². The maximum atomic E-state index is 4.55. The van der Waals surface area contributed by atoms with E-state index >= 15 is 0 Å². The summed E-state index contributed by atoms with van der Waals surface area (Å²) in [5.74, 6) is 0.891. The third kappa shape index (κ3) is 8.02. The van der Waals surface area contributed by atoms with Gasteiger partial charge >= 0.3 is 0 Å². The number of aromatic nitrogens is 1. The number of hydrogen-bond acceptors (Lipinski definition) is 2. The van der Waals surface area contributed by atoms with Gasteiger partial charge in [-0.1, -0.05) is 13.0 Å². The summed E-state index contributed by atoms with van der Waals surface area (Å²) in [6.45, 7) is 8.03. The minimum Gasteiger partial charge on any atom is -0.357 e. The molecule has 0 bridgehead atoms. The Morgan fingerprint density at radius 2 is 2.16 bits per heavy atom. The van der Waals surface area contributed by atoms with Gasteiger partial charge in [0.1, 0.15) is 0 Å².